The summed E-state index contributed by atoms with van der Waals surface area (Å²) in [4.78, 5) is 3.22. The van der Waals surface area contributed by atoms with Crippen LogP contribution in [0, 0.1) is 5.92 Å². The Bertz CT molecular complexity index is 546. The summed E-state index contributed by atoms with van der Waals surface area (Å²) >= 11 is 0. The van der Waals surface area contributed by atoms with Crippen LogP contribution in [-0.4, -0.2) is 32.7 Å². The van der Waals surface area contributed by atoms with Crippen LogP contribution in [0.25, 0.3) is 6.08 Å². The summed E-state index contributed by atoms with van der Waals surface area (Å²) in [5.41, 5.74) is 9.20. The molecule has 1 aromatic heterocycles. The number of aromatic nitrogens is 1. The van der Waals surface area contributed by atoms with E-state index in [-0.39, 0.29) is 5.92 Å². The molecule has 0 spiro atoms. The average molecular weight is 269 g/mol. The molecule has 2 rings (SSSR count). The minimum absolute atomic E-state index is 0.208. The van der Waals surface area contributed by atoms with E-state index < -0.39 is 10.0 Å². The Morgan fingerprint density at radius 1 is 1.56 bits per heavy atom. The van der Waals surface area contributed by atoms with E-state index in [1.807, 2.05) is 18.3 Å². The van der Waals surface area contributed by atoms with Crippen LogP contribution in [0.4, 0.5) is 0 Å². The number of hydrogen-bond acceptors (Lipinski definition) is 3. The molecule has 5 nitrogen and oxygen atoms in total. The van der Waals surface area contributed by atoms with Crippen LogP contribution < -0.4 is 10.5 Å². The summed E-state index contributed by atoms with van der Waals surface area (Å²) in [5.74, 6) is 0.208. The van der Waals surface area contributed by atoms with Crippen molar-refractivity contribution in [2.45, 2.75) is 12.8 Å². The molecule has 6 heteroatoms. The van der Waals surface area contributed by atoms with Crippen LogP contribution in [0.15, 0.2) is 12.3 Å². The lowest BCUT2D eigenvalue weighted by atomic mass is 9.91. The van der Waals surface area contributed by atoms with E-state index in [0.717, 1.165) is 18.5 Å². The third-order valence-electron chi connectivity index (χ3n) is 3.14. The van der Waals surface area contributed by atoms with Gasteiger partial charge in [0.05, 0.1) is 6.26 Å². The van der Waals surface area contributed by atoms with E-state index >= 15 is 0 Å². The molecule has 0 saturated carbocycles. The van der Waals surface area contributed by atoms with E-state index in [1.165, 1.54) is 17.4 Å². The summed E-state index contributed by atoms with van der Waals surface area (Å²) in [5, 5.41) is 0. The van der Waals surface area contributed by atoms with Crippen LogP contribution in [0.3, 0.4) is 0 Å². The maximum atomic E-state index is 11.1. The highest BCUT2D eigenvalue weighted by Gasteiger charge is 2.18. The predicted octanol–water partition coefficient (Wildman–Crippen LogP) is 0.251. The van der Waals surface area contributed by atoms with Gasteiger partial charge in [-0.05, 0) is 42.5 Å². The SMILES string of the molecule is CS(=O)(=O)NCC1C=Cc2[nH]cc(CCN)c2C1. The number of H-pyrrole nitrogens is 1. The van der Waals surface area contributed by atoms with E-state index in [4.69, 9.17) is 5.73 Å². The molecule has 100 valence electrons. The van der Waals surface area contributed by atoms with Crippen LogP contribution >= 0.6 is 0 Å². The number of aromatic amines is 1. The molecule has 0 saturated heterocycles. The first-order chi connectivity index (χ1) is 8.49. The second kappa shape index (κ2) is 5.26. The third kappa shape index (κ3) is 3.22. The van der Waals surface area contributed by atoms with E-state index in [0.29, 0.717) is 13.1 Å². The Balaban J connectivity index is 2.06. The topological polar surface area (TPSA) is 88.0 Å². The largest absolute Gasteiger partial charge is 0.361 e. The van der Waals surface area contributed by atoms with Gasteiger partial charge < -0.3 is 10.7 Å². The standard InChI is InChI=1S/C12H19N3O2S/c1-18(16,17)15-7-9-2-3-12-11(6-9)10(4-5-13)8-14-12/h2-3,8-9,14-15H,4-7,13H2,1H3. The quantitative estimate of drug-likeness (QED) is 0.716. The lowest BCUT2D eigenvalue weighted by molar-refractivity contribution is 0.564. The van der Waals surface area contributed by atoms with Gasteiger partial charge in [0, 0.05) is 18.4 Å². The summed E-state index contributed by atoms with van der Waals surface area (Å²) in [6.45, 7) is 1.07. The van der Waals surface area contributed by atoms with Crippen LogP contribution in [0.2, 0.25) is 0 Å². The van der Waals surface area contributed by atoms with Gasteiger partial charge in [-0.25, -0.2) is 13.1 Å². The van der Waals surface area contributed by atoms with Crippen LogP contribution in [-0.2, 0) is 22.9 Å². The fraction of sp³-hybridized carbons (Fsp3) is 0.500. The minimum atomic E-state index is -3.12. The van der Waals surface area contributed by atoms with Crippen molar-refractivity contribution in [1.82, 2.24) is 9.71 Å². The first kappa shape index (κ1) is 13.3. The second-order valence-electron chi connectivity index (χ2n) is 4.69. The molecule has 0 fully saturated rings. The average Bonchev–Trinajstić information content (AvgIpc) is 2.69. The first-order valence-corrected chi connectivity index (χ1v) is 7.91. The molecule has 0 radical (unpaired) electrons. The zero-order valence-corrected chi connectivity index (χ0v) is 11.3. The fourth-order valence-corrected chi connectivity index (χ4v) is 2.76. The number of nitrogens with one attached hydrogen (secondary N) is 2. The van der Waals surface area contributed by atoms with Gasteiger partial charge in [0.15, 0.2) is 0 Å². The summed E-state index contributed by atoms with van der Waals surface area (Å²) in [6.07, 6.45) is 8.95. The van der Waals surface area contributed by atoms with Crippen molar-refractivity contribution in [2.24, 2.45) is 11.7 Å². The van der Waals surface area contributed by atoms with Gasteiger partial charge in [0.25, 0.3) is 0 Å². The number of sulfonamides is 1. The number of rotatable bonds is 5. The molecule has 1 unspecified atom stereocenters. The van der Waals surface area contributed by atoms with Gasteiger partial charge in [0.1, 0.15) is 0 Å². The number of fused-ring (bicyclic) bond motifs is 1. The zero-order valence-electron chi connectivity index (χ0n) is 10.4. The Hall–Kier alpha value is -1.11. The summed E-state index contributed by atoms with van der Waals surface area (Å²) in [7, 11) is -3.12. The molecule has 1 atom stereocenters. The van der Waals surface area contributed by atoms with E-state index in [2.05, 4.69) is 9.71 Å². The second-order valence-corrected chi connectivity index (χ2v) is 6.52. The highest BCUT2D eigenvalue weighted by Crippen LogP contribution is 2.25. The maximum Gasteiger partial charge on any atom is 0.208 e. The Morgan fingerprint density at radius 2 is 2.33 bits per heavy atom. The van der Waals surface area contributed by atoms with Crippen molar-refractivity contribution < 1.29 is 8.42 Å². The first-order valence-electron chi connectivity index (χ1n) is 6.01. The lowest BCUT2D eigenvalue weighted by Gasteiger charge is -2.18. The van der Waals surface area contributed by atoms with Gasteiger partial charge in [0.2, 0.25) is 10.0 Å². The molecule has 0 amide bonds. The maximum absolute atomic E-state index is 11.1. The molecular formula is C12H19N3O2S. The Morgan fingerprint density at radius 3 is 3.00 bits per heavy atom. The molecule has 1 aliphatic carbocycles. The molecule has 0 bridgehead atoms. The highest BCUT2D eigenvalue weighted by molar-refractivity contribution is 7.88. The Labute approximate surface area is 108 Å². The zero-order chi connectivity index (χ0) is 13.2. The highest BCUT2D eigenvalue weighted by atomic mass is 32.2. The van der Waals surface area contributed by atoms with Crippen molar-refractivity contribution in [2.75, 3.05) is 19.3 Å². The number of hydrogen-bond donors (Lipinski definition) is 3. The van der Waals surface area contributed by atoms with Crippen molar-refractivity contribution >= 4 is 16.1 Å². The summed E-state index contributed by atoms with van der Waals surface area (Å²) in [6, 6.07) is 0. The van der Waals surface area contributed by atoms with Gasteiger partial charge in [-0.2, -0.15) is 0 Å². The molecule has 1 aliphatic rings. The lowest BCUT2D eigenvalue weighted by Crippen LogP contribution is -2.29. The minimum Gasteiger partial charge on any atom is -0.361 e. The third-order valence-corrected chi connectivity index (χ3v) is 3.83. The molecule has 0 aliphatic heterocycles. The van der Waals surface area contributed by atoms with Crippen molar-refractivity contribution in [3.05, 3.63) is 29.1 Å². The molecule has 18 heavy (non-hydrogen) atoms. The van der Waals surface area contributed by atoms with E-state index in [1.54, 1.807) is 0 Å². The van der Waals surface area contributed by atoms with E-state index in [9.17, 15) is 8.42 Å². The smallest absolute Gasteiger partial charge is 0.208 e. The monoisotopic (exact) mass is 269 g/mol. The van der Waals surface area contributed by atoms with Crippen LogP contribution in [0.5, 0.6) is 0 Å². The van der Waals surface area contributed by atoms with Crippen molar-refractivity contribution in [3.63, 3.8) is 0 Å². The molecule has 0 aromatic carbocycles. The molecule has 4 N–H and O–H groups in total. The predicted molar refractivity (Wildman–Crippen MR) is 72.6 cm³/mol. The summed E-state index contributed by atoms with van der Waals surface area (Å²) < 4.78 is 24.7. The molecule has 1 heterocycles. The molecule has 1 aromatic rings. The Kier molecular flexibility index (Phi) is 3.89. The molecular weight excluding hydrogens is 250 g/mol. The van der Waals surface area contributed by atoms with Gasteiger partial charge in [-0.3, -0.25) is 0 Å². The van der Waals surface area contributed by atoms with Gasteiger partial charge in [-0.15, -0.1) is 0 Å². The fourth-order valence-electron chi connectivity index (χ4n) is 2.24. The van der Waals surface area contributed by atoms with Gasteiger partial charge >= 0.3 is 0 Å². The van der Waals surface area contributed by atoms with Gasteiger partial charge in [-0.1, -0.05) is 6.08 Å². The van der Waals surface area contributed by atoms with Crippen molar-refractivity contribution in [1.29, 1.82) is 0 Å². The van der Waals surface area contributed by atoms with Crippen molar-refractivity contribution in [3.8, 4) is 0 Å². The van der Waals surface area contributed by atoms with Crippen LogP contribution in [0.1, 0.15) is 16.8 Å². The normalized spacial score (nSPS) is 18.9. The number of nitrogens with two attached hydrogens (primary N) is 1.